The van der Waals surface area contributed by atoms with Gasteiger partial charge in [-0.3, -0.25) is 0 Å². The van der Waals surface area contributed by atoms with Crippen LogP contribution in [0.25, 0.3) is 6.08 Å². The van der Waals surface area contributed by atoms with Gasteiger partial charge in [0.2, 0.25) is 9.84 Å². The maximum absolute atomic E-state index is 13.0. The summed E-state index contributed by atoms with van der Waals surface area (Å²) < 4.78 is 36.6. The normalized spacial score (nSPS) is 13.2. The first-order chi connectivity index (χ1) is 10.3. The highest BCUT2D eigenvalue weighted by Crippen LogP contribution is 2.23. The van der Waals surface area contributed by atoms with Crippen molar-refractivity contribution in [3.63, 3.8) is 0 Å². The maximum Gasteiger partial charge on any atom is 0.201 e. The smallest absolute Gasteiger partial charge is 0.201 e. The van der Waals surface area contributed by atoms with Crippen LogP contribution in [0.15, 0.2) is 23.1 Å². The molecular weight excluding hydrogens is 307 g/mol. The molecule has 116 valence electrons. The second kappa shape index (κ2) is 7.58. The molecule has 1 unspecified atom stereocenters. The molecule has 22 heavy (non-hydrogen) atoms. The van der Waals surface area contributed by atoms with Crippen molar-refractivity contribution in [3.05, 3.63) is 34.2 Å². The van der Waals surface area contributed by atoms with Crippen LogP contribution in [0.2, 0.25) is 0 Å². The number of aromatic hydroxyl groups is 1. The predicted molar refractivity (Wildman–Crippen MR) is 80.0 cm³/mol. The van der Waals surface area contributed by atoms with E-state index in [1.165, 1.54) is 31.2 Å². The van der Waals surface area contributed by atoms with Crippen molar-refractivity contribution >= 4 is 15.9 Å². The van der Waals surface area contributed by atoms with Gasteiger partial charge in [-0.1, -0.05) is 6.07 Å². The van der Waals surface area contributed by atoms with E-state index >= 15 is 0 Å². The number of nitrogens with zero attached hydrogens (tertiary/aromatic N) is 2. The third-order valence-electron chi connectivity index (χ3n) is 2.92. The van der Waals surface area contributed by atoms with E-state index in [2.05, 4.69) is 0 Å². The van der Waals surface area contributed by atoms with Crippen molar-refractivity contribution < 1.29 is 17.9 Å². The Hall–Kier alpha value is -2.38. The number of hydrogen-bond donors (Lipinski definition) is 1. The lowest BCUT2D eigenvalue weighted by Gasteiger charge is -2.08. The summed E-state index contributed by atoms with van der Waals surface area (Å²) in [6.45, 7) is 1.40. The fourth-order valence-corrected chi connectivity index (χ4v) is 2.57. The van der Waals surface area contributed by atoms with E-state index in [1.54, 1.807) is 6.07 Å². The average Bonchev–Trinajstić information content (AvgIpc) is 2.43. The lowest BCUT2D eigenvalue weighted by atomic mass is 10.0. The molecule has 0 saturated heterocycles. The summed E-state index contributed by atoms with van der Waals surface area (Å²) in [7, 11) is -3.98. The largest absolute Gasteiger partial charge is 0.508 e. The van der Waals surface area contributed by atoms with Gasteiger partial charge in [0.1, 0.15) is 22.5 Å². The van der Waals surface area contributed by atoms with Gasteiger partial charge in [-0.25, -0.2) is 12.8 Å². The Labute approximate surface area is 128 Å². The third-order valence-corrected chi connectivity index (χ3v) is 4.31. The molecule has 0 radical (unpaired) electrons. The van der Waals surface area contributed by atoms with E-state index < -0.39 is 26.7 Å². The second-order valence-corrected chi connectivity index (χ2v) is 6.70. The number of alkyl halides is 1. The molecule has 0 heterocycles. The summed E-state index contributed by atoms with van der Waals surface area (Å²) in [5, 5.41) is 27.0. The monoisotopic (exact) mass is 322 g/mol. The Balaban J connectivity index is 3.28. The van der Waals surface area contributed by atoms with Crippen molar-refractivity contribution in [2.24, 2.45) is 0 Å². The van der Waals surface area contributed by atoms with Crippen LogP contribution in [0.3, 0.4) is 0 Å². The first-order valence-corrected chi connectivity index (χ1v) is 8.13. The molecule has 0 aliphatic rings. The molecule has 0 aliphatic carbocycles. The van der Waals surface area contributed by atoms with Gasteiger partial charge in [-0.05, 0) is 49.1 Å². The third kappa shape index (κ3) is 4.87. The number of sulfone groups is 1. The number of phenols is 1. The van der Waals surface area contributed by atoms with Crippen LogP contribution in [0.1, 0.15) is 24.5 Å². The Morgan fingerprint density at radius 3 is 2.68 bits per heavy atom. The molecule has 1 aromatic carbocycles. The van der Waals surface area contributed by atoms with E-state index in [1.807, 2.05) is 0 Å². The minimum absolute atomic E-state index is 0.0305. The molecule has 1 N–H and O–H groups in total. The first-order valence-electron chi connectivity index (χ1n) is 6.47. The Morgan fingerprint density at radius 2 is 2.14 bits per heavy atom. The van der Waals surface area contributed by atoms with Gasteiger partial charge < -0.3 is 5.11 Å². The van der Waals surface area contributed by atoms with Crippen LogP contribution in [-0.4, -0.2) is 25.4 Å². The Morgan fingerprint density at radius 1 is 1.45 bits per heavy atom. The van der Waals surface area contributed by atoms with E-state index in [0.29, 0.717) is 11.1 Å². The zero-order chi connectivity index (χ0) is 16.8. The van der Waals surface area contributed by atoms with E-state index in [9.17, 15) is 17.9 Å². The van der Waals surface area contributed by atoms with E-state index in [0.717, 1.165) is 6.08 Å². The lowest BCUT2D eigenvalue weighted by molar-refractivity contribution is 0.341. The number of aryl methyl sites for hydroxylation is 1. The van der Waals surface area contributed by atoms with Crippen LogP contribution >= 0.6 is 0 Å². The summed E-state index contributed by atoms with van der Waals surface area (Å²) >= 11 is 0. The highest BCUT2D eigenvalue weighted by atomic mass is 32.2. The molecule has 5 nitrogen and oxygen atoms in total. The predicted octanol–water partition coefficient (Wildman–Crippen LogP) is 2.49. The average molecular weight is 322 g/mol. The quantitative estimate of drug-likeness (QED) is 0.811. The Kier molecular flexibility index (Phi) is 6.09. The van der Waals surface area contributed by atoms with Crippen molar-refractivity contribution in [2.45, 2.75) is 25.9 Å². The number of allylic oxidation sites excluding steroid dienone is 1. The number of phenolic OH excluding ortho intramolecular Hbond substituents is 1. The van der Waals surface area contributed by atoms with Crippen molar-refractivity contribution in [1.29, 1.82) is 10.5 Å². The standard InChI is InChI=1S/C15H15FN2O3S/c1-11(16)2-3-12-8-14(19)5-4-13(12)9-15(10-18)22(20,21)7-6-17/h4-5,8-9,11,19H,2-3,7H2,1H3. The topological polar surface area (TPSA) is 102 Å². The second-order valence-electron chi connectivity index (χ2n) is 4.74. The summed E-state index contributed by atoms with van der Waals surface area (Å²) in [6, 6.07) is 7.27. The SMILES string of the molecule is CC(F)CCc1cc(O)ccc1C=C(C#N)S(=O)(=O)CC#N. The zero-order valence-corrected chi connectivity index (χ0v) is 12.8. The summed E-state index contributed by atoms with van der Waals surface area (Å²) in [5.74, 6) is -0.821. The molecular formula is C15H15FN2O3S. The van der Waals surface area contributed by atoms with Crippen molar-refractivity contribution in [2.75, 3.05) is 5.75 Å². The molecule has 1 aromatic rings. The molecule has 0 aliphatic heterocycles. The highest BCUT2D eigenvalue weighted by Gasteiger charge is 2.18. The number of halogens is 1. The fraction of sp³-hybridized carbons (Fsp3) is 0.333. The number of rotatable bonds is 6. The van der Waals surface area contributed by atoms with Gasteiger partial charge in [0.25, 0.3) is 0 Å². The minimum Gasteiger partial charge on any atom is -0.508 e. The molecule has 7 heteroatoms. The van der Waals surface area contributed by atoms with Crippen LogP contribution in [0.5, 0.6) is 5.75 Å². The highest BCUT2D eigenvalue weighted by molar-refractivity contribution is 7.95. The summed E-state index contributed by atoms with van der Waals surface area (Å²) in [5.41, 5.74) is 0.931. The van der Waals surface area contributed by atoms with Crippen molar-refractivity contribution in [3.8, 4) is 17.9 Å². The molecule has 0 aromatic heterocycles. The van der Waals surface area contributed by atoms with E-state index in [-0.39, 0.29) is 18.6 Å². The molecule has 0 bridgehead atoms. The van der Waals surface area contributed by atoms with Gasteiger partial charge in [0, 0.05) is 0 Å². The summed E-state index contributed by atoms with van der Waals surface area (Å²) in [6.07, 6.45) is 0.591. The minimum atomic E-state index is -3.98. The van der Waals surface area contributed by atoms with E-state index in [4.69, 9.17) is 10.5 Å². The van der Waals surface area contributed by atoms with Crippen LogP contribution < -0.4 is 0 Å². The Bertz CT molecular complexity index is 756. The van der Waals surface area contributed by atoms with Crippen LogP contribution in [0, 0.1) is 22.7 Å². The number of nitriles is 2. The summed E-state index contributed by atoms with van der Waals surface area (Å²) in [4.78, 5) is -0.533. The molecule has 0 fully saturated rings. The van der Waals surface area contributed by atoms with Gasteiger partial charge in [0.15, 0.2) is 0 Å². The molecule has 0 spiro atoms. The van der Waals surface area contributed by atoms with Gasteiger partial charge in [-0.15, -0.1) is 0 Å². The molecule has 0 saturated carbocycles. The molecule has 1 rings (SSSR count). The van der Waals surface area contributed by atoms with Crippen LogP contribution in [-0.2, 0) is 16.3 Å². The fourth-order valence-electron chi connectivity index (χ4n) is 1.80. The van der Waals surface area contributed by atoms with Gasteiger partial charge in [-0.2, -0.15) is 10.5 Å². The van der Waals surface area contributed by atoms with Gasteiger partial charge >= 0.3 is 0 Å². The molecule has 1 atom stereocenters. The van der Waals surface area contributed by atoms with Crippen molar-refractivity contribution in [1.82, 2.24) is 0 Å². The number of hydrogen-bond acceptors (Lipinski definition) is 5. The first kappa shape index (κ1) is 17.7. The number of benzene rings is 1. The van der Waals surface area contributed by atoms with Gasteiger partial charge in [0.05, 0.1) is 12.2 Å². The molecule has 0 amide bonds. The maximum atomic E-state index is 13.0. The lowest BCUT2D eigenvalue weighted by Crippen LogP contribution is -2.06. The van der Waals surface area contributed by atoms with Crippen LogP contribution in [0.4, 0.5) is 4.39 Å². The zero-order valence-electron chi connectivity index (χ0n) is 12.0.